The van der Waals surface area contributed by atoms with Crippen LogP contribution in [0.3, 0.4) is 0 Å². The Morgan fingerprint density at radius 3 is 2.47 bits per heavy atom. The molecular formula is C10H17ClN2O2S2. The zero-order valence-corrected chi connectivity index (χ0v) is 12.7. The van der Waals surface area contributed by atoms with Gasteiger partial charge in [0.1, 0.15) is 0 Å². The third-order valence-electron chi connectivity index (χ3n) is 2.81. The number of nitrogens with zero attached hydrogens (tertiary/aromatic N) is 1. The molecule has 4 nitrogen and oxygen atoms in total. The minimum Gasteiger partial charge on any atom is -0.229 e. The van der Waals surface area contributed by atoms with Crippen molar-refractivity contribution in [1.82, 2.24) is 9.71 Å². The summed E-state index contributed by atoms with van der Waals surface area (Å²) in [5.41, 5.74) is 0.448. The van der Waals surface area contributed by atoms with Crippen LogP contribution < -0.4 is 4.72 Å². The lowest BCUT2D eigenvalue weighted by Gasteiger charge is -2.19. The topological polar surface area (TPSA) is 59.1 Å². The predicted molar refractivity (Wildman–Crippen MR) is 71.1 cm³/mol. The first-order valence-corrected chi connectivity index (χ1v) is 8.11. The highest BCUT2D eigenvalue weighted by atomic mass is 35.5. The van der Waals surface area contributed by atoms with Gasteiger partial charge in [0.2, 0.25) is 0 Å². The fraction of sp³-hybridized carbons (Fsp3) is 0.700. The smallest absolute Gasteiger partial charge is 0.229 e. The Bertz CT molecular complexity index is 484. The van der Waals surface area contributed by atoms with Gasteiger partial charge in [0.25, 0.3) is 10.0 Å². The van der Waals surface area contributed by atoms with Crippen molar-refractivity contribution >= 4 is 33.0 Å². The molecule has 1 heterocycles. The summed E-state index contributed by atoms with van der Waals surface area (Å²) in [7, 11) is -3.50. The van der Waals surface area contributed by atoms with Crippen molar-refractivity contribution in [2.24, 2.45) is 5.92 Å². The Balaban J connectivity index is 2.93. The summed E-state index contributed by atoms with van der Waals surface area (Å²) in [5, 5.41) is 0. The number of hydrogen-bond acceptors (Lipinski definition) is 4. The quantitative estimate of drug-likeness (QED) is 0.909. The summed E-state index contributed by atoms with van der Waals surface area (Å²) in [5.74, 6) is 0.286. The number of aryl methyl sites for hydroxylation is 1. The van der Waals surface area contributed by atoms with Crippen LogP contribution in [0.2, 0.25) is 4.47 Å². The number of thiazole rings is 1. The molecule has 0 aliphatic rings. The van der Waals surface area contributed by atoms with Crippen molar-refractivity contribution in [3.8, 4) is 0 Å². The molecule has 1 rings (SSSR count). The first-order valence-electron chi connectivity index (χ1n) is 5.43. The van der Waals surface area contributed by atoms with E-state index in [1.54, 1.807) is 6.92 Å². The van der Waals surface area contributed by atoms with E-state index in [0.29, 0.717) is 5.69 Å². The third kappa shape index (κ3) is 3.64. The zero-order chi connectivity index (χ0) is 13.2. The van der Waals surface area contributed by atoms with Crippen molar-refractivity contribution in [3.63, 3.8) is 0 Å². The van der Waals surface area contributed by atoms with Gasteiger partial charge in [0.15, 0.2) is 8.68 Å². The Morgan fingerprint density at radius 1 is 1.47 bits per heavy atom. The average Bonchev–Trinajstić information content (AvgIpc) is 2.56. The van der Waals surface area contributed by atoms with E-state index >= 15 is 0 Å². The van der Waals surface area contributed by atoms with Crippen molar-refractivity contribution in [3.05, 3.63) is 10.2 Å². The van der Waals surface area contributed by atoms with E-state index in [1.165, 1.54) is 0 Å². The molecule has 2 unspecified atom stereocenters. The van der Waals surface area contributed by atoms with Crippen LogP contribution in [0.25, 0.3) is 0 Å². The van der Waals surface area contributed by atoms with E-state index < -0.39 is 10.0 Å². The molecule has 7 heteroatoms. The molecule has 2 atom stereocenters. The molecule has 0 saturated carbocycles. The third-order valence-corrected chi connectivity index (χ3v) is 6.24. The van der Waals surface area contributed by atoms with Crippen molar-refractivity contribution in [2.45, 2.75) is 44.4 Å². The van der Waals surface area contributed by atoms with Gasteiger partial charge >= 0.3 is 0 Å². The van der Waals surface area contributed by atoms with Crippen LogP contribution in [0.5, 0.6) is 0 Å². The Kier molecular flexibility index (Phi) is 4.95. The summed E-state index contributed by atoms with van der Waals surface area (Å²) in [6.45, 7) is 7.55. The molecule has 0 aliphatic carbocycles. The SMILES string of the molecule is CCC(C)C(C)NS(=O)(=O)c1sc(Cl)nc1C. The normalized spacial score (nSPS) is 15.8. The van der Waals surface area contributed by atoms with E-state index in [4.69, 9.17) is 11.6 Å². The summed E-state index contributed by atoms with van der Waals surface area (Å²) < 4.78 is 27.3. The Labute approximate surface area is 111 Å². The van der Waals surface area contributed by atoms with Gasteiger partial charge in [-0.05, 0) is 19.8 Å². The molecule has 0 spiro atoms. The lowest BCUT2D eigenvalue weighted by atomic mass is 10.0. The van der Waals surface area contributed by atoms with Crippen LogP contribution in [0.4, 0.5) is 0 Å². The zero-order valence-electron chi connectivity index (χ0n) is 10.3. The maximum atomic E-state index is 12.1. The number of hydrogen-bond donors (Lipinski definition) is 1. The van der Waals surface area contributed by atoms with Crippen LogP contribution in [-0.4, -0.2) is 19.4 Å². The molecule has 1 aromatic heterocycles. The minimum atomic E-state index is -3.50. The molecule has 1 N–H and O–H groups in total. The van der Waals surface area contributed by atoms with Gasteiger partial charge in [-0.3, -0.25) is 0 Å². The van der Waals surface area contributed by atoms with E-state index in [0.717, 1.165) is 17.8 Å². The summed E-state index contributed by atoms with van der Waals surface area (Å²) >= 11 is 6.70. The highest BCUT2D eigenvalue weighted by Gasteiger charge is 2.24. The minimum absolute atomic E-state index is 0.106. The number of sulfonamides is 1. The van der Waals surface area contributed by atoms with Crippen molar-refractivity contribution in [1.29, 1.82) is 0 Å². The Hall–Kier alpha value is -0.170. The number of halogens is 1. The van der Waals surface area contributed by atoms with Crippen LogP contribution in [0, 0.1) is 12.8 Å². The molecule has 0 bridgehead atoms. The lowest BCUT2D eigenvalue weighted by molar-refractivity contribution is 0.434. The lowest BCUT2D eigenvalue weighted by Crippen LogP contribution is -2.36. The molecule has 98 valence electrons. The second kappa shape index (κ2) is 5.65. The number of aromatic nitrogens is 1. The van der Waals surface area contributed by atoms with E-state index in [9.17, 15) is 8.42 Å². The van der Waals surface area contributed by atoms with E-state index in [2.05, 4.69) is 9.71 Å². The fourth-order valence-corrected chi connectivity index (χ4v) is 4.48. The molecule has 0 fully saturated rings. The molecule has 17 heavy (non-hydrogen) atoms. The highest BCUT2D eigenvalue weighted by molar-refractivity contribution is 7.91. The molecule has 0 aromatic carbocycles. The van der Waals surface area contributed by atoms with Gasteiger partial charge in [-0.1, -0.05) is 43.2 Å². The molecule has 0 saturated heterocycles. The first-order chi connectivity index (χ1) is 7.77. The molecule has 1 aromatic rings. The van der Waals surface area contributed by atoms with Crippen LogP contribution in [0.15, 0.2) is 4.21 Å². The monoisotopic (exact) mass is 296 g/mol. The predicted octanol–water partition coefficient (Wildman–Crippen LogP) is 2.82. The summed E-state index contributed by atoms with van der Waals surface area (Å²) in [6, 6.07) is -0.106. The van der Waals surface area contributed by atoms with Crippen molar-refractivity contribution in [2.75, 3.05) is 0 Å². The number of rotatable bonds is 5. The van der Waals surface area contributed by atoms with Gasteiger partial charge in [-0.25, -0.2) is 18.1 Å². The van der Waals surface area contributed by atoms with E-state index in [1.807, 2.05) is 20.8 Å². The maximum Gasteiger partial charge on any atom is 0.252 e. The number of nitrogens with one attached hydrogen (secondary N) is 1. The second-order valence-electron chi connectivity index (χ2n) is 4.14. The van der Waals surface area contributed by atoms with Crippen molar-refractivity contribution < 1.29 is 8.42 Å². The molecule has 0 radical (unpaired) electrons. The van der Waals surface area contributed by atoms with Gasteiger partial charge < -0.3 is 0 Å². The Morgan fingerprint density at radius 2 is 2.06 bits per heavy atom. The van der Waals surface area contributed by atoms with Crippen LogP contribution in [0.1, 0.15) is 32.9 Å². The summed E-state index contributed by atoms with van der Waals surface area (Å²) in [6.07, 6.45) is 0.923. The van der Waals surface area contributed by atoms with E-state index in [-0.39, 0.29) is 20.6 Å². The highest BCUT2D eigenvalue weighted by Crippen LogP contribution is 2.27. The molecule has 0 aliphatic heterocycles. The average molecular weight is 297 g/mol. The second-order valence-corrected chi connectivity index (χ2v) is 7.63. The van der Waals surface area contributed by atoms with Crippen LogP contribution in [-0.2, 0) is 10.0 Å². The summed E-state index contributed by atoms with van der Waals surface area (Å²) in [4.78, 5) is 3.91. The van der Waals surface area contributed by atoms with Gasteiger partial charge in [-0.2, -0.15) is 0 Å². The standard InChI is InChI=1S/C10H17ClN2O2S2/c1-5-6(2)7(3)13-17(14,15)9-8(4)12-10(11)16-9/h6-7,13H,5H2,1-4H3. The van der Waals surface area contributed by atoms with Gasteiger partial charge in [0.05, 0.1) is 5.69 Å². The molecular weight excluding hydrogens is 280 g/mol. The first kappa shape index (κ1) is 14.9. The fourth-order valence-electron chi connectivity index (χ4n) is 1.37. The van der Waals surface area contributed by atoms with Crippen LogP contribution >= 0.6 is 22.9 Å². The maximum absolute atomic E-state index is 12.1. The van der Waals surface area contributed by atoms with Gasteiger partial charge in [-0.15, -0.1) is 0 Å². The van der Waals surface area contributed by atoms with Gasteiger partial charge in [0, 0.05) is 6.04 Å². The largest absolute Gasteiger partial charge is 0.252 e. The molecule has 0 amide bonds.